The second-order valence-electron chi connectivity index (χ2n) is 2.65. The maximum Gasteiger partial charge on any atom is 0.141 e. The summed E-state index contributed by atoms with van der Waals surface area (Å²) in [5.41, 5.74) is 2.12. The number of aromatic nitrogens is 3. The highest BCUT2D eigenvalue weighted by atomic mass is 14.9. The van der Waals surface area contributed by atoms with E-state index in [1.165, 1.54) is 5.56 Å². The molecule has 3 nitrogen and oxygen atoms in total. The van der Waals surface area contributed by atoms with Crippen LogP contribution >= 0.6 is 0 Å². The van der Waals surface area contributed by atoms with E-state index in [4.69, 9.17) is 0 Å². The first-order chi connectivity index (χ1) is 6.27. The Bertz CT molecular complexity index is 390. The first-order valence-corrected chi connectivity index (χ1v) is 4.55. The molecule has 0 aliphatic heterocycles. The van der Waals surface area contributed by atoms with Crippen molar-refractivity contribution in [1.82, 2.24) is 15.0 Å². The molecule has 0 aliphatic carbocycles. The summed E-state index contributed by atoms with van der Waals surface area (Å²) in [4.78, 5) is 11.4. The van der Waals surface area contributed by atoms with E-state index in [2.05, 4.69) is 15.0 Å². The Kier molecular flexibility index (Phi) is 3.01. The van der Waals surface area contributed by atoms with E-state index in [9.17, 15) is 0 Å². The van der Waals surface area contributed by atoms with Gasteiger partial charge in [0.15, 0.2) is 0 Å². The molecule has 3 heteroatoms. The lowest BCUT2D eigenvalue weighted by Crippen LogP contribution is -1.85. The monoisotopic (exact) mass is 177 g/mol. The largest absolute Gasteiger partial charge is 0.346 e. The van der Waals surface area contributed by atoms with Crippen molar-refractivity contribution in [3.05, 3.63) is 23.8 Å². The second kappa shape index (κ2) is 4.03. The zero-order valence-corrected chi connectivity index (χ0v) is 8.55. The number of hydrogen-bond donors (Lipinski definition) is 1. The van der Waals surface area contributed by atoms with Gasteiger partial charge in [-0.15, -0.1) is 0 Å². The van der Waals surface area contributed by atoms with E-state index in [0.29, 0.717) is 0 Å². The molecule has 0 fully saturated rings. The predicted molar refractivity (Wildman–Crippen MR) is 54.7 cm³/mol. The van der Waals surface area contributed by atoms with Gasteiger partial charge in [-0.25, -0.2) is 9.97 Å². The summed E-state index contributed by atoms with van der Waals surface area (Å²) in [6.07, 6.45) is 3.79. The summed E-state index contributed by atoms with van der Waals surface area (Å²) < 4.78 is 0. The van der Waals surface area contributed by atoms with Crippen molar-refractivity contribution in [2.45, 2.75) is 27.7 Å². The maximum absolute atomic E-state index is 4.23. The Morgan fingerprint density at radius 3 is 2.62 bits per heavy atom. The molecule has 0 aromatic carbocycles. The maximum atomic E-state index is 4.23. The Morgan fingerprint density at radius 1 is 1.23 bits per heavy atom. The summed E-state index contributed by atoms with van der Waals surface area (Å²) in [6.45, 7) is 7.92. The molecule has 0 unspecified atom stereocenters. The second-order valence-corrected chi connectivity index (χ2v) is 2.65. The van der Waals surface area contributed by atoms with Gasteiger partial charge in [-0.3, -0.25) is 0 Å². The molecule has 0 saturated heterocycles. The molecule has 1 N–H and O–H groups in total. The van der Waals surface area contributed by atoms with Crippen molar-refractivity contribution < 1.29 is 0 Å². The lowest BCUT2D eigenvalue weighted by atomic mass is 10.3. The molecule has 13 heavy (non-hydrogen) atoms. The van der Waals surface area contributed by atoms with Crippen molar-refractivity contribution in [2.75, 3.05) is 0 Å². The fraction of sp³-hybridized carbons (Fsp3) is 0.400. The van der Waals surface area contributed by atoms with Crippen molar-refractivity contribution >= 4 is 11.0 Å². The van der Waals surface area contributed by atoms with E-state index < -0.39 is 0 Å². The van der Waals surface area contributed by atoms with Gasteiger partial charge in [0.25, 0.3) is 0 Å². The molecular weight excluding hydrogens is 162 g/mol. The highest BCUT2D eigenvalue weighted by molar-refractivity contribution is 5.78. The van der Waals surface area contributed by atoms with Gasteiger partial charge in [0.05, 0.1) is 0 Å². The minimum atomic E-state index is 0.805. The molecule has 0 spiro atoms. The van der Waals surface area contributed by atoms with Gasteiger partial charge in [0.2, 0.25) is 0 Å². The molecule has 0 saturated carbocycles. The molecule has 0 bridgehead atoms. The highest BCUT2D eigenvalue weighted by Crippen LogP contribution is 2.13. The minimum absolute atomic E-state index is 0.805. The van der Waals surface area contributed by atoms with E-state index in [1.807, 2.05) is 40.1 Å². The van der Waals surface area contributed by atoms with E-state index in [-0.39, 0.29) is 0 Å². The number of aromatic amines is 1. The molecular formula is C10H15N3. The Hall–Kier alpha value is -1.38. The van der Waals surface area contributed by atoms with Crippen molar-refractivity contribution in [1.29, 1.82) is 0 Å². The zero-order chi connectivity index (χ0) is 9.84. The molecule has 0 atom stereocenters. The lowest BCUT2D eigenvalue weighted by Gasteiger charge is -1.90. The number of hydrogen-bond acceptors (Lipinski definition) is 2. The predicted octanol–water partition coefficient (Wildman–Crippen LogP) is 2.60. The van der Waals surface area contributed by atoms with Crippen LogP contribution in [0.15, 0.2) is 12.4 Å². The first-order valence-electron chi connectivity index (χ1n) is 4.55. The van der Waals surface area contributed by atoms with Crippen LogP contribution in [0.1, 0.15) is 25.2 Å². The van der Waals surface area contributed by atoms with Gasteiger partial charge in [-0.2, -0.15) is 0 Å². The quantitative estimate of drug-likeness (QED) is 0.672. The van der Waals surface area contributed by atoms with Crippen LogP contribution in [0.5, 0.6) is 0 Å². The third-order valence-electron chi connectivity index (χ3n) is 1.76. The highest BCUT2D eigenvalue weighted by Gasteiger charge is 1.99. The SMILES string of the molecule is CC.Cc1ncc2c(C)c[nH]c2n1. The van der Waals surface area contributed by atoms with Crippen LogP contribution in [0.4, 0.5) is 0 Å². The molecule has 2 aromatic rings. The summed E-state index contributed by atoms with van der Waals surface area (Å²) in [6, 6.07) is 0. The molecule has 2 rings (SSSR count). The molecule has 70 valence electrons. The third-order valence-corrected chi connectivity index (χ3v) is 1.76. The topological polar surface area (TPSA) is 41.6 Å². The van der Waals surface area contributed by atoms with Crippen molar-refractivity contribution in [3.63, 3.8) is 0 Å². The first kappa shape index (κ1) is 9.71. The standard InChI is InChI=1S/C8H9N3.C2H6/c1-5-3-10-8-7(5)4-9-6(2)11-8;1-2/h3-4H,1-2H3,(H,9,10,11);1-2H3. The average molecular weight is 177 g/mol. The van der Waals surface area contributed by atoms with Crippen LogP contribution in [0.25, 0.3) is 11.0 Å². The minimum Gasteiger partial charge on any atom is -0.346 e. The van der Waals surface area contributed by atoms with Gasteiger partial charge in [-0.1, -0.05) is 13.8 Å². The fourth-order valence-corrected chi connectivity index (χ4v) is 1.12. The summed E-state index contributed by atoms with van der Waals surface area (Å²) >= 11 is 0. The lowest BCUT2D eigenvalue weighted by molar-refractivity contribution is 1.08. The Balaban J connectivity index is 0.000000396. The number of H-pyrrole nitrogens is 1. The average Bonchev–Trinajstić information content (AvgIpc) is 2.51. The molecule has 2 aromatic heterocycles. The summed E-state index contributed by atoms with van der Waals surface area (Å²) in [5, 5.41) is 1.11. The number of aryl methyl sites for hydroxylation is 2. The molecule has 0 radical (unpaired) electrons. The Morgan fingerprint density at radius 2 is 1.92 bits per heavy atom. The molecule has 0 aliphatic rings. The third kappa shape index (κ3) is 1.86. The smallest absolute Gasteiger partial charge is 0.141 e. The van der Waals surface area contributed by atoms with E-state index in [0.717, 1.165) is 16.9 Å². The van der Waals surface area contributed by atoms with Crippen LogP contribution in [0.2, 0.25) is 0 Å². The summed E-state index contributed by atoms with van der Waals surface area (Å²) in [7, 11) is 0. The Labute approximate surface area is 78.2 Å². The summed E-state index contributed by atoms with van der Waals surface area (Å²) in [5.74, 6) is 0.805. The van der Waals surface area contributed by atoms with Gasteiger partial charge in [0.1, 0.15) is 11.5 Å². The van der Waals surface area contributed by atoms with Gasteiger partial charge in [-0.05, 0) is 19.4 Å². The molecule has 2 heterocycles. The number of nitrogens with one attached hydrogen (secondary N) is 1. The van der Waals surface area contributed by atoms with Crippen molar-refractivity contribution in [3.8, 4) is 0 Å². The van der Waals surface area contributed by atoms with Crippen LogP contribution < -0.4 is 0 Å². The number of fused-ring (bicyclic) bond motifs is 1. The van der Waals surface area contributed by atoms with Crippen molar-refractivity contribution in [2.24, 2.45) is 0 Å². The van der Waals surface area contributed by atoms with Gasteiger partial charge in [0, 0.05) is 17.8 Å². The van der Waals surface area contributed by atoms with Crippen LogP contribution in [0, 0.1) is 13.8 Å². The zero-order valence-electron chi connectivity index (χ0n) is 8.55. The van der Waals surface area contributed by atoms with Crippen LogP contribution in [-0.2, 0) is 0 Å². The van der Waals surface area contributed by atoms with Gasteiger partial charge < -0.3 is 4.98 Å². The number of nitrogens with zero attached hydrogens (tertiary/aromatic N) is 2. The molecule has 0 amide bonds. The van der Waals surface area contributed by atoms with Crippen LogP contribution in [0.3, 0.4) is 0 Å². The number of rotatable bonds is 0. The van der Waals surface area contributed by atoms with Gasteiger partial charge >= 0.3 is 0 Å². The fourth-order valence-electron chi connectivity index (χ4n) is 1.12. The normalized spacial score (nSPS) is 9.54. The van der Waals surface area contributed by atoms with E-state index in [1.54, 1.807) is 0 Å². The van der Waals surface area contributed by atoms with E-state index >= 15 is 0 Å². The van der Waals surface area contributed by atoms with Crippen LogP contribution in [-0.4, -0.2) is 15.0 Å².